The van der Waals surface area contributed by atoms with Gasteiger partial charge < -0.3 is 10.5 Å². The van der Waals surface area contributed by atoms with Gasteiger partial charge in [0.1, 0.15) is 0 Å². The molecule has 2 nitrogen and oxygen atoms in total. The first-order valence-corrected chi connectivity index (χ1v) is 7.04. The van der Waals surface area contributed by atoms with E-state index in [4.69, 9.17) is 10.5 Å². The predicted octanol–water partition coefficient (Wildman–Crippen LogP) is 2.95. The van der Waals surface area contributed by atoms with E-state index in [1.165, 1.54) is 29.0 Å². The molecule has 2 unspecified atom stereocenters. The fraction of sp³-hybridized carbons (Fsp3) is 0.692. The highest BCUT2D eigenvalue weighted by Crippen LogP contribution is 2.29. The molecule has 0 saturated heterocycles. The Balaban J connectivity index is 1.82. The Kier molecular flexibility index (Phi) is 4.38. The minimum Gasteiger partial charge on any atom is -0.372 e. The molecule has 2 rings (SSSR count). The van der Waals surface area contributed by atoms with E-state index >= 15 is 0 Å². The third kappa shape index (κ3) is 2.84. The van der Waals surface area contributed by atoms with Crippen LogP contribution in [0.3, 0.4) is 0 Å². The molecule has 0 amide bonds. The van der Waals surface area contributed by atoms with Gasteiger partial charge in [0, 0.05) is 9.75 Å². The van der Waals surface area contributed by atoms with Gasteiger partial charge in [0.05, 0.1) is 12.7 Å². The maximum absolute atomic E-state index is 5.98. The number of rotatable bonds is 5. The summed E-state index contributed by atoms with van der Waals surface area (Å²) in [5.74, 6) is 0.589. The summed E-state index contributed by atoms with van der Waals surface area (Å²) in [5, 5.41) is 0. The fourth-order valence-corrected chi connectivity index (χ4v) is 3.25. The van der Waals surface area contributed by atoms with E-state index < -0.39 is 0 Å². The number of nitrogens with two attached hydrogens (primary N) is 1. The lowest BCUT2D eigenvalue weighted by atomic mass is 10.1. The van der Waals surface area contributed by atoms with Gasteiger partial charge in [0.25, 0.3) is 0 Å². The van der Waals surface area contributed by atoms with Gasteiger partial charge in [-0.05, 0) is 43.9 Å². The lowest BCUT2D eigenvalue weighted by molar-refractivity contribution is 0.0196. The number of thiophene rings is 1. The van der Waals surface area contributed by atoms with Crippen molar-refractivity contribution in [2.24, 2.45) is 11.7 Å². The minimum absolute atomic E-state index is 0.400. The molecule has 1 saturated carbocycles. The Hall–Kier alpha value is -0.380. The van der Waals surface area contributed by atoms with Crippen molar-refractivity contribution in [1.29, 1.82) is 0 Å². The Morgan fingerprint density at radius 1 is 1.38 bits per heavy atom. The molecule has 1 aromatic rings. The van der Waals surface area contributed by atoms with Gasteiger partial charge in [-0.3, -0.25) is 0 Å². The first-order chi connectivity index (χ1) is 7.83. The maximum atomic E-state index is 5.98. The van der Waals surface area contributed by atoms with Gasteiger partial charge in [-0.2, -0.15) is 0 Å². The number of hydrogen-bond donors (Lipinski definition) is 1. The second kappa shape index (κ2) is 5.80. The van der Waals surface area contributed by atoms with Crippen LogP contribution in [0, 0.1) is 5.92 Å². The molecule has 90 valence electrons. The molecule has 3 heteroatoms. The minimum atomic E-state index is 0.400. The molecule has 0 spiro atoms. The smallest absolute Gasteiger partial charge is 0.0813 e. The molecule has 0 aromatic carbocycles. The van der Waals surface area contributed by atoms with Gasteiger partial charge in [-0.1, -0.05) is 13.3 Å². The van der Waals surface area contributed by atoms with Crippen LogP contribution >= 0.6 is 11.3 Å². The van der Waals surface area contributed by atoms with Gasteiger partial charge >= 0.3 is 0 Å². The van der Waals surface area contributed by atoms with E-state index in [9.17, 15) is 0 Å². The van der Waals surface area contributed by atoms with Crippen molar-refractivity contribution in [2.75, 3.05) is 6.54 Å². The zero-order chi connectivity index (χ0) is 11.4. The summed E-state index contributed by atoms with van der Waals surface area (Å²) in [7, 11) is 0. The molecule has 2 atom stereocenters. The van der Waals surface area contributed by atoms with E-state index in [2.05, 4.69) is 19.1 Å². The molecular weight excluding hydrogens is 218 g/mol. The van der Waals surface area contributed by atoms with Crippen LogP contribution < -0.4 is 5.73 Å². The van der Waals surface area contributed by atoms with Crippen molar-refractivity contribution in [3.05, 3.63) is 21.9 Å². The number of aryl methyl sites for hydroxylation is 1. The van der Waals surface area contributed by atoms with Crippen LogP contribution in [0.1, 0.15) is 35.9 Å². The highest BCUT2D eigenvalue weighted by molar-refractivity contribution is 7.11. The monoisotopic (exact) mass is 239 g/mol. The van der Waals surface area contributed by atoms with Gasteiger partial charge in [-0.25, -0.2) is 0 Å². The van der Waals surface area contributed by atoms with E-state index in [0.29, 0.717) is 12.0 Å². The van der Waals surface area contributed by atoms with Crippen LogP contribution in [0.4, 0.5) is 0 Å². The van der Waals surface area contributed by atoms with Crippen LogP contribution in [0.25, 0.3) is 0 Å². The van der Waals surface area contributed by atoms with E-state index in [-0.39, 0.29) is 0 Å². The summed E-state index contributed by atoms with van der Waals surface area (Å²) in [6.07, 6.45) is 5.23. The van der Waals surface area contributed by atoms with Crippen molar-refractivity contribution in [2.45, 2.75) is 45.3 Å². The SMILES string of the molecule is CCc1ccc(COC2CCCC2CN)s1. The molecule has 0 aliphatic heterocycles. The summed E-state index contributed by atoms with van der Waals surface area (Å²) in [4.78, 5) is 2.79. The van der Waals surface area contributed by atoms with Crippen molar-refractivity contribution in [3.8, 4) is 0 Å². The van der Waals surface area contributed by atoms with Crippen LogP contribution in [0.15, 0.2) is 12.1 Å². The van der Waals surface area contributed by atoms with Crippen LogP contribution in [-0.4, -0.2) is 12.6 Å². The molecule has 0 bridgehead atoms. The highest BCUT2D eigenvalue weighted by atomic mass is 32.1. The second-order valence-corrected chi connectivity index (χ2v) is 5.75. The molecular formula is C13H21NOS. The lowest BCUT2D eigenvalue weighted by Gasteiger charge is -2.17. The third-order valence-corrected chi connectivity index (χ3v) is 4.60. The van der Waals surface area contributed by atoms with E-state index in [1.54, 1.807) is 0 Å². The summed E-state index contributed by atoms with van der Waals surface area (Å²) < 4.78 is 5.98. The standard InChI is InChI=1S/C13H21NOS/c1-2-11-6-7-12(16-11)9-15-13-5-3-4-10(13)8-14/h6-7,10,13H,2-5,8-9,14H2,1H3. The largest absolute Gasteiger partial charge is 0.372 e. The third-order valence-electron chi connectivity index (χ3n) is 3.40. The average Bonchev–Trinajstić information content (AvgIpc) is 2.94. The van der Waals surface area contributed by atoms with Gasteiger partial charge in [0.2, 0.25) is 0 Å². The average molecular weight is 239 g/mol. The van der Waals surface area contributed by atoms with E-state index in [0.717, 1.165) is 19.6 Å². The normalized spacial score (nSPS) is 25.1. The first kappa shape index (κ1) is 12.1. The molecule has 1 heterocycles. The Labute approximate surface area is 102 Å². The summed E-state index contributed by atoms with van der Waals surface area (Å²) in [6.45, 7) is 3.74. The zero-order valence-electron chi connectivity index (χ0n) is 9.95. The molecule has 1 aromatic heterocycles. The summed E-state index contributed by atoms with van der Waals surface area (Å²) >= 11 is 1.87. The Morgan fingerprint density at radius 2 is 2.19 bits per heavy atom. The highest BCUT2D eigenvalue weighted by Gasteiger charge is 2.26. The molecule has 1 fully saturated rings. The van der Waals surface area contributed by atoms with Gasteiger partial charge in [0.15, 0.2) is 0 Å². The topological polar surface area (TPSA) is 35.2 Å². The first-order valence-electron chi connectivity index (χ1n) is 6.22. The Morgan fingerprint density at radius 3 is 2.88 bits per heavy atom. The van der Waals surface area contributed by atoms with E-state index in [1.807, 2.05) is 11.3 Å². The molecule has 16 heavy (non-hydrogen) atoms. The van der Waals surface area contributed by atoms with Crippen LogP contribution in [-0.2, 0) is 17.8 Å². The molecule has 0 radical (unpaired) electrons. The second-order valence-electron chi connectivity index (χ2n) is 4.50. The summed E-state index contributed by atoms with van der Waals surface area (Å²) in [6, 6.07) is 4.40. The number of ether oxygens (including phenoxy) is 1. The maximum Gasteiger partial charge on any atom is 0.0813 e. The van der Waals surface area contributed by atoms with Crippen molar-refractivity contribution in [3.63, 3.8) is 0 Å². The van der Waals surface area contributed by atoms with Crippen molar-refractivity contribution in [1.82, 2.24) is 0 Å². The van der Waals surface area contributed by atoms with Crippen molar-refractivity contribution >= 4 is 11.3 Å². The van der Waals surface area contributed by atoms with Crippen LogP contribution in [0.5, 0.6) is 0 Å². The molecule has 1 aliphatic carbocycles. The number of hydrogen-bond acceptors (Lipinski definition) is 3. The lowest BCUT2D eigenvalue weighted by Crippen LogP contribution is -2.25. The quantitative estimate of drug-likeness (QED) is 0.857. The molecule has 1 aliphatic rings. The van der Waals surface area contributed by atoms with Crippen molar-refractivity contribution < 1.29 is 4.74 Å². The van der Waals surface area contributed by atoms with Gasteiger partial charge in [-0.15, -0.1) is 11.3 Å². The van der Waals surface area contributed by atoms with Crippen LogP contribution in [0.2, 0.25) is 0 Å². The Bertz CT molecular complexity index is 323. The summed E-state index contributed by atoms with van der Waals surface area (Å²) in [5.41, 5.74) is 5.74. The predicted molar refractivity (Wildman–Crippen MR) is 68.7 cm³/mol. The fourth-order valence-electron chi connectivity index (χ4n) is 2.37. The zero-order valence-corrected chi connectivity index (χ0v) is 10.8. The molecule has 2 N–H and O–H groups in total.